The fourth-order valence-electron chi connectivity index (χ4n) is 3.55. The molecule has 1 N–H and O–H groups in total. The van der Waals surface area contributed by atoms with Crippen molar-refractivity contribution >= 4 is 11.8 Å². The fraction of sp³-hybridized carbons (Fsp3) is 0.625. The van der Waals surface area contributed by atoms with Crippen molar-refractivity contribution in [3.63, 3.8) is 0 Å². The molecule has 3 aliphatic rings. The van der Waals surface area contributed by atoms with Crippen LogP contribution in [0.4, 0.5) is 10.6 Å². The van der Waals surface area contributed by atoms with E-state index in [1.807, 2.05) is 18.0 Å². The molecule has 0 aromatic carbocycles. The number of nitrogens with one attached hydrogen (secondary N) is 1. The lowest BCUT2D eigenvalue weighted by molar-refractivity contribution is 0.220. The number of hydrogen-bond acceptors (Lipinski definition) is 2. The number of fused-ring (bicyclic) bond motifs is 1. The summed E-state index contributed by atoms with van der Waals surface area (Å²) in [6, 6.07) is 2.05. The van der Waals surface area contributed by atoms with Gasteiger partial charge in [-0.1, -0.05) is 12.2 Å². The first-order valence-electron chi connectivity index (χ1n) is 7.95. The first-order chi connectivity index (χ1) is 10.2. The third-order valence-electron chi connectivity index (χ3n) is 5.04. The summed E-state index contributed by atoms with van der Waals surface area (Å²) in [5.74, 6) is 2.72. The number of aromatic nitrogens is 2. The van der Waals surface area contributed by atoms with Crippen LogP contribution in [-0.4, -0.2) is 33.8 Å². The highest BCUT2D eigenvalue weighted by molar-refractivity contribution is 5.88. The topological polar surface area (TPSA) is 50.2 Å². The Morgan fingerprint density at radius 3 is 2.52 bits per heavy atom. The van der Waals surface area contributed by atoms with Crippen LogP contribution in [0, 0.1) is 11.8 Å². The van der Waals surface area contributed by atoms with Gasteiger partial charge in [0.1, 0.15) is 5.82 Å². The molecule has 1 saturated carbocycles. The van der Waals surface area contributed by atoms with Gasteiger partial charge in [-0.2, -0.15) is 5.10 Å². The van der Waals surface area contributed by atoms with Crippen LogP contribution in [-0.2, 0) is 7.05 Å². The summed E-state index contributed by atoms with van der Waals surface area (Å²) in [6.45, 7) is 1.77. The van der Waals surface area contributed by atoms with Crippen molar-refractivity contribution in [3.8, 4) is 0 Å². The molecule has 4 rings (SSSR count). The summed E-state index contributed by atoms with van der Waals surface area (Å²) in [4.78, 5) is 14.4. The van der Waals surface area contributed by atoms with E-state index in [1.165, 1.54) is 12.8 Å². The zero-order valence-electron chi connectivity index (χ0n) is 12.5. The van der Waals surface area contributed by atoms with Crippen molar-refractivity contribution in [1.82, 2.24) is 14.7 Å². The second-order valence-corrected chi connectivity index (χ2v) is 6.65. The molecule has 21 heavy (non-hydrogen) atoms. The second kappa shape index (κ2) is 4.90. The van der Waals surface area contributed by atoms with Crippen molar-refractivity contribution < 1.29 is 4.79 Å². The zero-order valence-corrected chi connectivity index (χ0v) is 12.5. The Balaban J connectivity index is 1.42. The van der Waals surface area contributed by atoms with E-state index in [0.717, 1.165) is 37.4 Å². The van der Waals surface area contributed by atoms with Crippen molar-refractivity contribution in [2.45, 2.75) is 31.6 Å². The molecule has 0 radical (unpaired) electrons. The molecule has 2 heterocycles. The first kappa shape index (κ1) is 12.9. The third-order valence-corrected chi connectivity index (χ3v) is 5.04. The number of allylic oxidation sites excluding steroid dienone is 2. The molecule has 1 aromatic heterocycles. The Kier molecular flexibility index (Phi) is 3.01. The van der Waals surface area contributed by atoms with Crippen molar-refractivity contribution in [1.29, 1.82) is 0 Å². The number of urea groups is 1. The van der Waals surface area contributed by atoms with Gasteiger partial charge in [-0.3, -0.25) is 10.00 Å². The number of carbonyl (C=O) groups excluding carboxylic acids is 1. The van der Waals surface area contributed by atoms with E-state index < -0.39 is 0 Å². The van der Waals surface area contributed by atoms with Gasteiger partial charge in [0.2, 0.25) is 0 Å². The molecule has 112 valence electrons. The number of nitrogens with zero attached hydrogens (tertiary/aromatic N) is 3. The largest absolute Gasteiger partial charge is 0.324 e. The number of aryl methyl sites for hydroxylation is 1. The van der Waals surface area contributed by atoms with Gasteiger partial charge in [-0.05, 0) is 37.5 Å². The van der Waals surface area contributed by atoms with Crippen LogP contribution in [0.1, 0.15) is 37.3 Å². The average molecular weight is 286 g/mol. The second-order valence-electron chi connectivity index (χ2n) is 6.65. The van der Waals surface area contributed by atoms with Gasteiger partial charge in [0.15, 0.2) is 0 Å². The smallest absolute Gasteiger partial charge is 0.323 e. The van der Waals surface area contributed by atoms with Crippen LogP contribution in [0.5, 0.6) is 0 Å². The first-order valence-corrected chi connectivity index (χ1v) is 7.95. The Bertz CT molecular complexity index is 571. The molecule has 0 spiro atoms. The maximum atomic E-state index is 12.5. The highest BCUT2D eigenvalue weighted by Crippen LogP contribution is 2.40. The molecule has 5 nitrogen and oxygen atoms in total. The molecular formula is C16H22N4O. The minimum atomic E-state index is 0.0229. The Hall–Kier alpha value is -1.78. The maximum absolute atomic E-state index is 12.5. The van der Waals surface area contributed by atoms with Crippen molar-refractivity contribution in [2.75, 3.05) is 18.4 Å². The van der Waals surface area contributed by atoms with Gasteiger partial charge in [0.05, 0.1) is 5.69 Å². The van der Waals surface area contributed by atoms with Crippen LogP contribution in [0.15, 0.2) is 18.2 Å². The quantitative estimate of drug-likeness (QED) is 0.850. The Labute approximate surface area is 125 Å². The summed E-state index contributed by atoms with van der Waals surface area (Å²) in [5.41, 5.74) is 1.12. The molecular weight excluding hydrogens is 264 g/mol. The summed E-state index contributed by atoms with van der Waals surface area (Å²) in [6.07, 6.45) is 9.20. The SMILES string of the molecule is Cn1nc(C2CC2)cc1NC(=O)N1C[C@H]2CC=CC[C@H]2C1. The lowest BCUT2D eigenvalue weighted by atomic mass is 9.86. The van der Waals surface area contributed by atoms with Gasteiger partial charge in [-0.25, -0.2) is 4.79 Å². The van der Waals surface area contributed by atoms with Crippen molar-refractivity contribution in [3.05, 3.63) is 23.9 Å². The summed E-state index contributed by atoms with van der Waals surface area (Å²) < 4.78 is 1.79. The monoisotopic (exact) mass is 286 g/mol. The van der Waals surface area contributed by atoms with E-state index in [4.69, 9.17) is 0 Å². The van der Waals surface area contributed by atoms with E-state index in [1.54, 1.807) is 4.68 Å². The van der Waals surface area contributed by atoms with Crippen LogP contribution < -0.4 is 5.32 Å². The number of hydrogen-bond donors (Lipinski definition) is 1. The molecule has 5 heteroatoms. The predicted octanol–water partition coefficient (Wildman–Crippen LogP) is 2.73. The summed E-state index contributed by atoms with van der Waals surface area (Å²) >= 11 is 0. The van der Waals surface area contributed by atoms with Gasteiger partial charge < -0.3 is 4.90 Å². The zero-order chi connectivity index (χ0) is 14.4. The van der Waals surface area contributed by atoms with E-state index in [9.17, 15) is 4.79 Å². The number of likely N-dealkylation sites (tertiary alicyclic amines) is 1. The number of anilines is 1. The average Bonchev–Trinajstić information content (AvgIpc) is 3.13. The molecule has 0 bridgehead atoms. The minimum Gasteiger partial charge on any atom is -0.324 e. The van der Waals surface area contributed by atoms with Crippen LogP contribution in [0.25, 0.3) is 0 Å². The molecule has 1 aliphatic heterocycles. The van der Waals surface area contributed by atoms with Crippen LogP contribution in [0.3, 0.4) is 0 Å². The number of amides is 2. The highest BCUT2D eigenvalue weighted by Gasteiger charge is 2.35. The lowest BCUT2D eigenvalue weighted by Crippen LogP contribution is -2.33. The van der Waals surface area contributed by atoms with Crippen LogP contribution >= 0.6 is 0 Å². The van der Waals surface area contributed by atoms with Gasteiger partial charge in [-0.15, -0.1) is 0 Å². The summed E-state index contributed by atoms with van der Waals surface area (Å²) in [7, 11) is 1.90. The summed E-state index contributed by atoms with van der Waals surface area (Å²) in [5, 5.41) is 7.53. The predicted molar refractivity (Wildman–Crippen MR) is 81.1 cm³/mol. The fourth-order valence-corrected chi connectivity index (χ4v) is 3.55. The van der Waals surface area contributed by atoms with Crippen LogP contribution in [0.2, 0.25) is 0 Å². The number of rotatable bonds is 2. The standard InChI is InChI=1S/C16H22N4O/c1-19-15(8-14(18-19)11-6-7-11)17-16(21)20-9-12-4-2-3-5-13(12)10-20/h2-3,8,11-13H,4-7,9-10H2,1H3,(H,17,21)/t12-,13+. The highest BCUT2D eigenvalue weighted by atomic mass is 16.2. The normalized spacial score (nSPS) is 27.8. The Morgan fingerprint density at radius 1 is 1.24 bits per heavy atom. The molecule has 1 saturated heterocycles. The molecule has 2 atom stereocenters. The van der Waals surface area contributed by atoms with E-state index in [2.05, 4.69) is 22.6 Å². The molecule has 2 amide bonds. The molecule has 1 aromatic rings. The van der Waals surface area contributed by atoms with E-state index in [0.29, 0.717) is 17.8 Å². The molecule has 2 fully saturated rings. The van der Waals surface area contributed by atoms with Gasteiger partial charge in [0, 0.05) is 32.1 Å². The van der Waals surface area contributed by atoms with Gasteiger partial charge in [0.25, 0.3) is 0 Å². The van der Waals surface area contributed by atoms with Gasteiger partial charge >= 0.3 is 6.03 Å². The van der Waals surface area contributed by atoms with E-state index in [-0.39, 0.29) is 6.03 Å². The van der Waals surface area contributed by atoms with Crippen molar-refractivity contribution in [2.24, 2.45) is 18.9 Å². The van der Waals surface area contributed by atoms with E-state index >= 15 is 0 Å². The lowest BCUT2D eigenvalue weighted by Gasteiger charge is -2.17. The third kappa shape index (κ3) is 2.45. The molecule has 2 aliphatic carbocycles. The number of carbonyl (C=O) groups is 1. The minimum absolute atomic E-state index is 0.0229. The maximum Gasteiger partial charge on any atom is 0.323 e. The molecule has 0 unspecified atom stereocenters. The Morgan fingerprint density at radius 2 is 1.90 bits per heavy atom.